The molecule has 1 aliphatic rings. The van der Waals surface area contributed by atoms with Crippen LogP contribution in [0.15, 0.2) is 18.2 Å². The van der Waals surface area contributed by atoms with E-state index in [0.29, 0.717) is 6.04 Å². The minimum atomic E-state index is -0.0327. The molecule has 3 unspecified atom stereocenters. The summed E-state index contributed by atoms with van der Waals surface area (Å²) < 4.78 is 2.40. The van der Waals surface area contributed by atoms with Crippen molar-refractivity contribution < 1.29 is 0 Å². The van der Waals surface area contributed by atoms with Crippen LogP contribution < -0.4 is 0 Å². The first-order chi connectivity index (χ1) is 9.13. The lowest BCUT2D eigenvalue weighted by Gasteiger charge is -2.10. The van der Waals surface area contributed by atoms with Gasteiger partial charge in [0.25, 0.3) is 0 Å². The standard InChI is InChI=1S/C16H21ClN2/c1-4-6-12-9-14(12)19-13-8-5-7-10(2)15(13)18-16(19)11(3)17/h5,7-8,11-12,14H,4,6,9H2,1-3H3. The highest BCUT2D eigenvalue weighted by atomic mass is 35.5. The van der Waals surface area contributed by atoms with Gasteiger partial charge in [-0.05, 0) is 44.2 Å². The molecule has 3 rings (SSSR count). The molecule has 3 heteroatoms. The molecule has 0 bridgehead atoms. The van der Waals surface area contributed by atoms with Crippen LogP contribution >= 0.6 is 11.6 Å². The second kappa shape index (κ2) is 4.82. The zero-order chi connectivity index (χ0) is 13.6. The fourth-order valence-corrected chi connectivity index (χ4v) is 3.29. The third-order valence-corrected chi connectivity index (χ3v) is 4.38. The van der Waals surface area contributed by atoms with Crippen LogP contribution in [-0.4, -0.2) is 9.55 Å². The van der Waals surface area contributed by atoms with Gasteiger partial charge in [-0.3, -0.25) is 0 Å². The van der Waals surface area contributed by atoms with Crippen LogP contribution in [0.25, 0.3) is 11.0 Å². The fourth-order valence-electron chi connectivity index (χ4n) is 3.13. The van der Waals surface area contributed by atoms with Crippen molar-refractivity contribution in [2.75, 3.05) is 0 Å². The third-order valence-electron chi connectivity index (χ3n) is 4.18. The van der Waals surface area contributed by atoms with Crippen LogP contribution in [0.4, 0.5) is 0 Å². The lowest BCUT2D eigenvalue weighted by molar-refractivity contribution is 0.597. The summed E-state index contributed by atoms with van der Waals surface area (Å²) in [5.41, 5.74) is 3.61. The van der Waals surface area contributed by atoms with Crippen LogP contribution in [0.3, 0.4) is 0 Å². The molecule has 0 saturated heterocycles. The van der Waals surface area contributed by atoms with Crippen molar-refractivity contribution in [3.63, 3.8) is 0 Å². The largest absolute Gasteiger partial charge is 0.323 e. The molecule has 0 N–H and O–H groups in total. The van der Waals surface area contributed by atoms with Crippen LogP contribution in [0, 0.1) is 12.8 Å². The Balaban J connectivity index is 2.11. The molecule has 3 atom stereocenters. The van der Waals surface area contributed by atoms with E-state index in [1.807, 2.05) is 6.92 Å². The van der Waals surface area contributed by atoms with E-state index in [0.717, 1.165) is 17.3 Å². The Morgan fingerprint density at radius 2 is 2.26 bits per heavy atom. The van der Waals surface area contributed by atoms with Gasteiger partial charge in [0.2, 0.25) is 0 Å². The summed E-state index contributed by atoms with van der Waals surface area (Å²) in [5, 5.41) is -0.0327. The van der Waals surface area contributed by atoms with Crippen molar-refractivity contribution in [2.45, 2.75) is 51.5 Å². The second-order valence-electron chi connectivity index (χ2n) is 5.75. The highest BCUT2D eigenvalue weighted by molar-refractivity contribution is 6.20. The molecule has 2 aromatic rings. The molecule has 0 amide bonds. The van der Waals surface area contributed by atoms with Crippen molar-refractivity contribution in [2.24, 2.45) is 5.92 Å². The Bertz CT molecular complexity index is 600. The Kier molecular flexibility index (Phi) is 3.30. The average molecular weight is 277 g/mol. The van der Waals surface area contributed by atoms with Gasteiger partial charge in [-0.15, -0.1) is 11.6 Å². The normalized spacial score (nSPS) is 23.8. The first-order valence-electron chi connectivity index (χ1n) is 7.25. The van der Waals surface area contributed by atoms with E-state index in [1.54, 1.807) is 0 Å². The Hall–Kier alpha value is -1.02. The van der Waals surface area contributed by atoms with Crippen LogP contribution in [0.1, 0.15) is 55.9 Å². The molecule has 1 fully saturated rings. The highest BCUT2D eigenvalue weighted by Crippen LogP contribution is 2.49. The SMILES string of the molecule is CCCC1CC1n1c(C(C)Cl)nc2c(C)cccc21. The molecule has 1 saturated carbocycles. The molecule has 102 valence electrons. The number of benzene rings is 1. The molecule has 1 aromatic carbocycles. The second-order valence-corrected chi connectivity index (χ2v) is 6.41. The predicted octanol–water partition coefficient (Wildman–Crippen LogP) is 5.01. The summed E-state index contributed by atoms with van der Waals surface area (Å²) in [5.74, 6) is 1.85. The van der Waals surface area contributed by atoms with Crippen LogP contribution in [0.5, 0.6) is 0 Å². The summed E-state index contributed by atoms with van der Waals surface area (Å²) >= 11 is 6.35. The Morgan fingerprint density at radius 3 is 2.95 bits per heavy atom. The summed E-state index contributed by atoms with van der Waals surface area (Å²) in [6.07, 6.45) is 3.86. The van der Waals surface area contributed by atoms with E-state index in [9.17, 15) is 0 Å². The van der Waals surface area contributed by atoms with E-state index in [2.05, 4.69) is 36.6 Å². The average Bonchev–Trinajstić information content (AvgIpc) is 3.00. The van der Waals surface area contributed by atoms with Crippen LogP contribution in [0.2, 0.25) is 0 Å². The number of nitrogens with zero attached hydrogens (tertiary/aromatic N) is 2. The van der Waals surface area contributed by atoms with E-state index in [-0.39, 0.29) is 5.38 Å². The molecule has 19 heavy (non-hydrogen) atoms. The smallest absolute Gasteiger partial charge is 0.127 e. The number of para-hydroxylation sites is 1. The molecule has 0 spiro atoms. The zero-order valence-corrected chi connectivity index (χ0v) is 12.6. The topological polar surface area (TPSA) is 17.8 Å². The van der Waals surface area contributed by atoms with Crippen LogP contribution in [-0.2, 0) is 0 Å². The fraction of sp³-hybridized carbons (Fsp3) is 0.562. The zero-order valence-electron chi connectivity index (χ0n) is 11.9. The van der Waals surface area contributed by atoms with Crippen molar-refractivity contribution in [3.8, 4) is 0 Å². The number of alkyl halides is 1. The van der Waals surface area contributed by atoms with E-state index < -0.39 is 0 Å². The maximum atomic E-state index is 6.35. The maximum absolute atomic E-state index is 6.35. The molecular formula is C16H21ClN2. The first kappa shape index (κ1) is 13.0. The van der Waals surface area contributed by atoms with Gasteiger partial charge in [0.05, 0.1) is 16.4 Å². The van der Waals surface area contributed by atoms with E-state index in [4.69, 9.17) is 16.6 Å². The number of fused-ring (bicyclic) bond motifs is 1. The molecule has 1 heterocycles. The van der Waals surface area contributed by atoms with Crippen molar-refractivity contribution in [3.05, 3.63) is 29.6 Å². The van der Waals surface area contributed by atoms with Gasteiger partial charge in [0.15, 0.2) is 0 Å². The van der Waals surface area contributed by atoms with Gasteiger partial charge < -0.3 is 4.57 Å². The van der Waals surface area contributed by atoms with Gasteiger partial charge in [-0.1, -0.05) is 25.5 Å². The first-order valence-corrected chi connectivity index (χ1v) is 7.68. The van der Waals surface area contributed by atoms with Gasteiger partial charge in [-0.25, -0.2) is 4.98 Å². The molecule has 1 aliphatic carbocycles. The quantitative estimate of drug-likeness (QED) is 0.718. The predicted molar refractivity (Wildman–Crippen MR) is 80.8 cm³/mol. The Morgan fingerprint density at radius 1 is 1.47 bits per heavy atom. The highest BCUT2D eigenvalue weighted by Gasteiger charge is 2.40. The number of aryl methyl sites for hydroxylation is 1. The number of halogens is 1. The minimum Gasteiger partial charge on any atom is -0.323 e. The lowest BCUT2D eigenvalue weighted by Crippen LogP contribution is -2.03. The van der Waals surface area contributed by atoms with Gasteiger partial charge >= 0.3 is 0 Å². The van der Waals surface area contributed by atoms with Gasteiger partial charge in [0.1, 0.15) is 5.82 Å². The molecule has 0 aliphatic heterocycles. The lowest BCUT2D eigenvalue weighted by atomic mass is 10.2. The Labute approximate surface area is 119 Å². The summed E-state index contributed by atoms with van der Waals surface area (Å²) in [6.45, 7) is 6.40. The van der Waals surface area contributed by atoms with E-state index in [1.165, 1.54) is 30.3 Å². The maximum Gasteiger partial charge on any atom is 0.127 e. The monoisotopic (exact) mass is 276 g/mol. The number of hydrogen-bond donors (Lipinski definition) is 0. The van der Waals surface area contributed by atoms with E-state index >= 15 is 0 Å². The van der Waals surface area contributed by atoms with Crippen molar-refractivity contribution >= 4 is 22.6 Å². The molecule has 1 aromatic heterocycles. The van der Waals surface area contributed by atoms with Crippen molar-refractivity contribution in [1.82, 2.24) is 9.55 Å². The molecule has 2 nitrogen and oxygen atoms in total. The summed E-state index contributed by atoms with van der Waals surface area (Å²) in [7, 11) is 0. The minimum absolute atomic E-state index is 0.0327. The summed E-state index contributed by atoms with van der Waals surface area (Å²) in [6, 6.07) is 7.04. The number of hydrogen-bond acceptors (Lipinski definition) is 1. The van der Waals surface area contributed by atoms with Gasteiger partial charge in [0, 0.05) is 6.04 Å². The molecule has 0 radical (unpaired) electrons. The number of rotatable bonds is 4. The number of imidazole rings is 1. The summed E-state index contributed by atoms with van der Waals surface area (Å²) in [4.78, 5) is 4.80. The van der Waals surface area contributed by atoms with Gasteiger partial charge in [-0.2, -0.15) is 0 Å². The number of aromatic nitrogens is 2. The third kappa shape index (κ3) is 2.16. The molecular weight excluding hydrogens is 256 g/mol. The van der Waals surface area contributed by atoms with Crippen molar-refractivity contribution in [1.29, 1.82) is 0 Å².